The third-order valence-corrected chi connectivity index (χ3v) is 7.18. The summed E-state index contributed by atoms with van der Waals surface area (Å²) < 4.78 is 21.8. The molecule has 1 aliphatic heterocycles. The van der Waals surface area contributed by atoms with Crippen molar-refractivity contribution in [1.82, 2.24) is 5.32 Å². The maximum atomic E-state index is 12.9. The lowest BCUT2D eigenvalue weighted by atomic mass is 9.89. The van der Waals surface area contributed by atoms with Crippen LogP contribution in [-0.4, -0.2) is 83.4 Å². The van der Waals surface area contributed by atoms with Gasteiger partial charge in [0.1, 0.15) is 24.1 Å². The number of carbonyl (C=O) groups excluding carboxylic acids is 2. The number of hydrogen-bond acceptors (Lipinski definition) is 10. The van der Waals surface area contributed by atoms with E-state index < -0.39 is 47.3 Å². The van der Waals surface area contributed by atoms with E-state index in [1.807, 2.05) is 6.07 Å². The quantitative estimate of drug-likeness (QED) is 0.310. The van der Waals surface area contributed by atoms with Crippen molar-refractivity contribution >= 4 is 23.6 Å². The van der Waals surface area contributed by atoms with Crippen molar-refractivity contribution in [2.45, 2.75) is 60.2 Å². The number of thioether (sulfide) groups is 1. The second-order valence-corrected chi connectivity index (χ2v) is 10.00. The fraction of sp³-hybridized carbons (Fsp3) is 0.462. The van der Waals surface area contributed by atoms with Crippen molar-refractivity contribution in [2.24, 2.45) is 0 Å². The number of hydrogen-bond donors (Lipinski definition) is 4. The van der Waals surface area contributed by atoms with E-state index in [0.29, 0.717) is 10.6 Å². The predicted octanol–water partition coefficient (Wildman–Crippen LogP) is 1.25. The number of benzene rings is 2. The zero-order chi connectivity index (χ0) is 27.0. The van der Waals surface area contributed by atoms with Gasteiger partial charge in [0, 0.05) is 18.2 Å². The molecule has 0 aliphatic carbocycles. The molecule has 0 bridgehead atoms. The van der Waals surface area contributed by atoms with Crippen LogP contribution in [0.15, 0.2) is 59.5 Å². The maximum absolute atomic E-state index is 12.9. The number of aliphatic hydroxyl groups is 3. The molecule has 1 aliphatic rings. The Bertz CT molecular complexity index is 1020. The summed E-state index contributed by atoms with van der Waals surface area (Å²) in [5.41, 5.74) is 0.826. The first kappa shape index (κ1) is 28.9. The van der Waals surface area contributed by atoms with Gasteiger partial charge < -0.3 is 39.6 Å². The van der Waals surface area contributed by atoms with E-state index in [-0.39, 0.29) is 19.6 Å². The van der Waals surface area contributed by atoms with E-state index in [4.69, 9.17) is 18.9 Å². The molecule has 0 spiro atoms. The van der Waals surface area contributed by atoms with E-state index >= 15 is 0 Å². The lowest BCUT2D eigenvalue weighted by Crippen LogP contribution is -2.66. The zero-order valence-electron chi connectivity index (χ0n) is 20.9. The van der Waals surface area contributed by atoms with Crippen LogP contribution in [0.4, 0.5) is 0 Å². The highest BCUT2D eigenvalue weighted by atomic mass is 32.2. The van der Waals surface area contributed by atoms with Gasteiger partial charge in [-0.05, 0) is 29.8 Å². The Kier molecular flexibility index (Phi) is 10.3. The molecule has 1 saturated heterocycles. The number of ether oxygens (including phenoxy) is 4. The standard InChI is InChI=1S/C26H33NO9S/c1-16(28)27-22-20(29)13-26(25(32)34-3,37-19-7-5-4-6-8-19)36-24(22)23(31)21(30)15-35-14-17-9-11-18(33-2)12-10-17/h4-12,20-24,29-31H,13-15H2,1-3H3,(H,27,28)/t20-,21+,22+,23+,24+,26-/m0/s1. The van der Waals surface area contributed by atoms with E-state index in [1.54, 1.807) is 55.6 Å². The van der Waals surface area contributed by atoms with Gasteiger partial charge in [-0.1, -0.05) is 42.1 Å². The first-order chi connectivity index (χ1) is 17.7. The normalized spacial score (nSPS) is 25.1. The summed E-state index contributed by atoms with van der Waals surface area (Å²) >= 11 is 1.02. The second kappa shape index (κ2) is 13.2. The van der Waals surface area contributed by atoms with Crippen molar-refractivity contribution in [2.75, 3.05) is 20.8 Å². The van der Waals surface area contributed by atoms with Crippen molar-refractivity contribution in [3.8, 4) is 5.75 Å². The molecular weight excluding hydrogens is 502 g/mol. The molecule has 1 amide bonds. The van der Waals surface area contributed by atoms with Crippen molar-refractivity contribution < 1.29 is 43.9 Å². The molecule has 3 rings (SSSR count). The lowest BCUT2D eigenvalue weighted by molar-refractivity contribution is -0.208. The zero-order valence-corrected chi connectivity index (χ0v) is 21.7. The molecule has 0 saturated carbocycles. The summed E-state index contributed by atoms with van der Waals surface area (Å²) in [6.07, 6.45) is -5.95. The third kappa shape index (κ3) is 7.44. The minimum absolute atomic E-state index is 0.160. The average Bonchev–Trinajstić information content (AvgIpc) is 2.89. The Morgan fingerprint density at radius 2 is 1.81 bits per heavy atom. The third-order valence-electron chi connectivity index (χ3n) is 5.91. The fourth-order valence-electron chi connectivity index (χ4n) is 4.07. The molecule has 202 valence electrons. The summed E-state index contributed by atoms with van der Waals surface area (Å²) in [5, 5.41) is 35.4. The van der Waals surface area contributed by atoms with Gasteiger partial charge in [-0.15, -0.1) is 0 Å². The molecule has 10 nitrogen and oxygen atoms in total. The topological polar surface area (TPSA) is 144 Å². The summed E-state index contributed by atoms with van der Waals surface area (Å²) in [6.45, 7) is 1.14. The largest absolute Gasteiger partial charge is 0.497 e. The monoisotopic (exact) mass is 535 g/mol. The first-order valence-electron chi connectivity index (χ1n) is 11.7. The molecule has 0 radical (unpaired) electrons. The molecule has 0 aromatic heterocycles. The Morgan fingerprint density at radius 3 is 2.41 bits per heavy atom. The van der Waals surface area contributed by atoms with Gasteiger partial charge in [0.05, 0.1) is 39.6 Å². The average molecular weight is 536 g/mol. The molecule has 6 atom stereocenters. The summed E-state index contributed by atoms with van der Waals surface area (Å²) in [4.78, 5) is 23.7. The molecule has 11 heteroatoms. The number of rotatable bonds is 11. The number of carbonyl (C=O) groups is 2. The highest BCUT2D eigenvalue weighted by molar-refractivity contribution is 8.01. The maximum Gasteiger partial charge on any atom is 0.349 e. The predicted molar refractivity (Wildman–Crippen MR) is 135 cm³/mol. The van der Waals surface area contributed by atoms with E-state index in [9.17, 15) is 24.9 Å². The molecule has 2 aromatic carbocycles. The lowest BCUT2D eigenvalue weighted by Gasteiger charge is -2.47. The fourth-order valence-corrected chi connectivity index (χ4v) is 5.32. The van der Waals surface area contributed by atoms with Crippen LogP contribution in [0, 0.1) is 0 Å². The van der Waals surface area contributed by atoms with Crippen molar-refractivity contribution in [1.29, 1.82) is 0 Å². The van der Waals surface area contributed by atoms with Crippen LogP contribution in [-0.2, 0) is 30.4 Å². The smallest absolute Gasteiger partial charge is 0.349 e. The van der Waals surface area contributed by atoms with E-state index in [2.05, 4.69) is 5.32 Å². The van der Waals surface area contributed by atoms with Crippen molar-refractivity contribution in [3.05, 3.63) is 60.2 Å². The van der Waals surface area contributed by atoms with Crippen LogP contribution in [0.1, 0.15) is 18.9 Å². The molecule has 4 N–H and O–H groups in total. The van der Waals surface area contributed by atoms with Gasteiger partial charge in [0.15, 0.2) is 0 Å². The van der Waals surface area contributed by atoms with Crippen LogP contribution in [0.25, 0.3) is 0 Å². The summed E-state index contributed by atoms with van der Waals surface area (Å²) in [7, 11) is 2.76. The van der Waals surface area contributed by atoms with Gasteiger partial charge in [-0.25, -0.2) is 4.79 Å². The SMILES string of the molecule is COC(=O)[C@@]1(Sc2ccccc2)C[C@H](O)[C@@H](NC(C)=O)[C@H]([C@H](O)[C@H](O)COCc2ccc(OC)cc2)O1. The highest BCUT2D eigenvalue weighted by Crippen LogP contribution is 2.44. The Labute approximate surface area is 219 Å². The molecule has 1 fully saturated rings. The summed E-state index contributed by atoms with van der Waals surface area (Å²) in [6, 6.07) is 15.0. The molecular formula is C26H33NO9S. The Morgan fingerprint density at radius 1 is 1.14 bits per heavy atom. The number of aliphatic hydroxyl groups excluding tert-OH is 3. The van der Waals surface area contributed by atoms with Crippen LogP contribution in [0.2, 0.25) is 0 Å². The number of nitrogens with one attached hydrogen (secondary N) is 1. The molecule has 2 aromatic rings. The van der Waals surface area contributed by atoms with Gasteiger partial charge >= 0.3 is 5.97 Å². The van der Waals surface area contributed by atoms with Crippen molar-refractivity contribution in [3.63, 3.8) is 0 Å². The highest BCUT2D eigenvalue weighted by Gasteiger charge is 2.55. The molecule has 0 unspecified atom stereocenters. The van der Waals surface area contributed by atoms with Gasteiger partial charge in [0.2, 0.25) is 10.8 Å². The molecule has 1 heterocycles. The van der Waals surface area contributed by atoms with E-state index in [0.717, 1.165) is 17.3 Å². The van der Waals surface area contributed by atoms with Gasteiger partial charge in [-0.2, -0.15) is 0 Å². The van der Waals surface area contributed by atoms with Gasteiger partial charge in [0.25, 0.3) is 0 Å². The molecule has 37 heavy (non-hydrogen) atoms. The summed E-state index contributed by atoms with van der Waals surface area (Å²) in [5.74, 6) is -0.556. The van der Waals surface area contributed by atoms with Crippen LogP contribution in [0.3, 0.4) is 0 Å². The van der Waals surface area contributed by atoms with Crippen LogP contribution < -0.4 is 10.1 Å². The number of methoxy groups -OCH3 is 2. The Balaban J connectivity index is 1.78. The number of esters is 1. The first-order valence-corrected chi connectivity index (χ1v) is 12.5. The Hall–Kier alpha value is -2.67. The minimum atomic E-state index is -1.74. The van der Waals surface area contributed by atoms with Gasteiger partial charge in [-0.3, -0.25) is 4.79 Å². The minimum Gasteiger partial charge on any atom is -0.497 e. The second-order valence-electron chi connectivity index (χ2n) is 8.66. The van der Waals surface area contributed by atoms with E-state index in [1.165, 1.54) is 14.0 Å². The van der Waals surface area contributed by atoms with Crippen LogP contribution >= 0.6 is 11.8 Å². The van der Waals surface area contributed by atoms with Crippen LogP contribution in [0.5, 0.6) is 5.75 Å². The number of amides is 1.